The fourth-order valence-corrected chi connectivity index (χ4v) is 4.00. The average molecular weight is 406 g/mol. The number of rotatable bonds is 8. The van der Waals surface area contributed by atoms with Gasteiger partial charge in [0.25, 0.3) is 11.1 Å². The van der Waals surface area contributed by atoms with Crippen molar-refractivity contribution in [3.05, 3.63) is 40.5 Å². The largest absolute Gasteiger partial charge is 0.469 e. The fraction of sp³-hybridized carbons (Fsp3) is 0.333. The van der Waals surface area contributed by atoms with E-state index in [4.69, 9.17) is 4.42 Å². The summed E-state index contributed by atoms with van der Waals surface area (Å²) in [7, 11) is 1.37. The standard InChI is InChI=1S/C18H19N3O4S2/c1-11-9-13(12(2)21(11)7-6-16(23)24-3)14(22)10-27-18-20-19-17(25-18)15-5-4-8-26-15/h4-5,8-9H,6-7,10H2,1-3H3. The predicted octanol–water partition coefficient (Wildman–Crippen LogP) is 3.75. The third-order valence-electron chi connectivity index (χ3n) is 4.11. The van der Waals surface area contributed by atoms with Crippen molar-refractivity contribution in [1.82, 2.24) is 14.8 Å². The van der Waals surface area contributed by atoms with E-state index in [1.54, 1.807) is 0 Å². The molecule has 0 saturated heterocycles. The van der Waals surface area contributed by atoms with E-state index in [0.717, 1.165) is 16.3 Å². The first-order chi connectivity index (χ1) is 13.0. The summed E-state index contributed by atoms with van der Waals surface area (Å²) in [6.07, 6.45) is 0.267. The van der Waals surface area contributed by atoms with Gasteiger partial charge in [0, 0.05) is 23.5 Å². The number of carbonyl (C=O) groups is 2. The Bertz CT molecular complexity index is 944. The van der Waals surface area contributed by atoms with Crippen molar-refractivity contribution in [2.45, 2.75) is 32.0 Å². The van der Waals surface area contributed by atoms with Crippen LogP contribution in [0.2, 0.25) is 0 Å². The molecule has 0 bridgehead atoms. The Morgan fingerprint density at radius 2 is 2.15 bits per heavy atom. The molecule has 0 aromatic carbocycles. The minimum atomic E-state index is -0.274. The third-order valence-corrected chi connectivity index (χ3v) is 5.78. The maximum atomic E-state index is 12.6. The van der Waals surface area contributed by atoms with Gasteiger partial charge in [-0.25, -0.2) is 0 Å². The van der Waals surface area contributed by atoms with Crippen LogP contribution in [0.1, 0.15) is 28.2 Å². The molecule has 0 aliphatic heterocycles. The number of ether oxygens (including phenoxy) is 1. The molecule has 142 valence electrons. The topological polar surface area (TPSA) is 87.2 Å². The van der Waals surface area contributed by atoms with Crippen molar-refractivity contribution in [2.75, 3.05) is 12.9 Å². The first-order valence-corrected chi connectivity index (χ1v) is 10.1. The van der Waals surface area contributed by atoms with Crippen LogP contribution in [0.25, 0.3) is 10.8 Å². The van der Waals surface area contributed by atoms with Gasteiger partial charge >= 0.3 is 5.97 Å². The zero-order valence-corrected chi connectivity index (χ0v) is 16.9. The highest BCUT2D eigenvalue weighted by atomic mass is 32.2. The molecule has 0 N–H and O–H groups in total. The van der Waals surface area contributed by atoms with Gasteiger partial charge in [0.2, 0.25) is 0 Å². The molecular formula is C18H19N3O4S2. The third kappa shape index (κ3) is 4.48. The summed E-state index contributed by atoms with van der Waals surface area (Å²) in [6.45, 7) is 4.28. The maximum absolute atomic E-state index is 12.6. The Balaban J connectivity index is 1.64. The highest BCUT2D eigenvalue weighted by Crippen LogP contribution is 2.27. The highest BCUT2D eigenvalue weighted by molar-refractivity contribution is 7.99. The Morgan fingerprint density at radius 3 is 2.85 bits per heavy atom. The summed E-state index contributed by atoms with van der Waals surface area (Å²) in [5, 5.41) is 10.3. The number of aromatic nitrogens is 3. The molecule has 3 aromatic heterocycles. The van der Waals surface area contributed by atoms with E-state index in [-0.39, 0.29) is 23.9 Å². The SMILES string of the molecule is COC(=O)CCn1c(C)cc(C(=O)CSc2nnc(-c3cccs3)o2)c1C. The molecule has 3 heterocycles. The van der Waals surface area contributed by atoms with Crippen LogP contribution >= 0.6 is 23.1 Å². The number of Topliss-reactive ketones (excluding diaryl/α,β-unsaturated/α-hetero) is 1. The molecule has 0 unspecified atom stereocenters. The van der Waals surface area contributed by atoms with Crippen LogP contribution in [-0.4, -0.2) is 39.4 Å². The summed E-state index contributed by atoms with van der Waals surface area (Å²) >= 11 is 2.74. The fourth-order valence-electron chi connectivity index (χ4n) is 2.71. The lowest BCUT2D eigenvalue weighted by Gasteiger charge is -2.08. The van der Waals surface area contributed by atoms with Gasteiger partial charge in [-0.15, -0.1) is 21.5 Å². The van der Waals surface area contributed by atoms with Crippen molar-refractivity contribution in [3.8, 4) is 10.8 Å². The van der Waals surface area contributed by atoms with E-state index in [1.807, 2.05) is 42.0 Å². The van der Waals surface area contributed by atoms with Crippen LogP contribution < -0.4 is 0 Å². The number of esters is 1. The lowest BCUT2D eigenvalue weighted by Crippen LogP contribution is -2.10. The summed E-state index contributed by atoms with van der Waals surface area (Å²) in [5.74, 6) is 0.367. The Morgan fingerprint density at radius 1 is 1.33 bits per heavy atom. The average Bonchev–Trinajstić information content (AvgIpc) is 3.39. The van der Waals surface area contributed by atoms with Gasteiger partial charge in [0.15, 0.2) is 5.78 Å². The number of aryl methyl sites for hydroxylation is 1. The van der Waals surface area contributed by atoms with Gasteiger partial charge in [-0.05, 0) is 31.4 Å². The van der Waals surface area contributed by atoms with E-state index in [9.17, 15) is 9.59 Å². The van der Waals surface area contributed by atoms with Gasteiger partial charge < -0.3 is 13.7 Å². The first kappa shape index (κ1) is 19.4. The minimum absolute atomic E-state index is 0.0201. The molecule has 27 heavy (non-hydrogen) atoms. The Kier molecular flexibility index (Phi) is 6.12. The number of hydrogen-bond donors (Lipinski definition) is 0. The van der Waals surface area contributed by atoms with Crippen LogP contribution in [0, 0.1) is 13.8 Å². The summed E-state index contributed by atoms with van der Waals surface area (Å²) in [4.78, 5) is 24.9. The summed E-state index contributed by atoms with van der Waals surface area (Å²) in [5.41, 5.74) is 2.41. The monoisotopic (exact) mass is 405 g/mol. The Hall–Kier alpha value is -2.39. The first-order valence-electron chi connectivity index (χ1n) is 8.26. The lowest BCUT2D eigenvalue weighted by molar-refractivity contribution is -0.140. The molecule has 0 fully saturated rings. The number of methoxy groups -OCH3 is 1. The van der Waals surface area contributed by atoms with Gasteiger partial charge in [-0.1, -0.05) is 17.8 Å². The predicted molar refractivity (Wildman–Crippen MR) is 103 cm³/mol. The number of carbonyl (C=O) groups excluding carboxylic acids is 2. The van der Waals surface area contributed by atoms with Gasteiger partial charge in [-0.2, -0.15) is 0 Å². The highest BCUT2D eigenvalue weighted by Gasteiger charge is 2.18. The van der Waals surface area contributed by atoms with Crippen LogP contribution in [0.15, 0.2) is 33.2 Å². The zero-order valence-electron chi connectivity index (χ0n) is 15.2. The molecular weight excluding hydrogens is 386 g/mol. The normalized spacial score (nSPS) is 10.9. The van der Waals surface area contributed by atoms with E-state index in [2.05, 4.69) is 14.9 Å². The summed E-state index contributed by atoms with van der Waals surface area (Å²) < 4.78 is 12.2. The molecule has 0 amide bonds. The number of hydrogen-bond acceptors (Lipinski definition) is 8. The molecule has 9 heteroatoms. The summed E-state index contributed by atoms with van der Waals surface area (Å²) in [6, 6.07) is 5.66. The van der Waals surface area contributed by atoms with Crippen LogP contribution in [0.4, 0.5) is 0 Å². The van der Waals surface area contributed by atoms with Gasteiger partial charge in [0.1, 0.15) is 0 Å². The van der Waals surface area contributed by atoms with Crippen molar-refractivity contribution >= 4 is 34.9 Å². The van der Waals surface area contributed by atoms with Crippen LogP contribution in [0.5, 0.6) is 0 Å². The molecule has 7 nitrogen and oxygen atoms in total. The van der Waals surface area contributed by atoms with Crippen molar-refractivity contribution in [1.29, 1.82) is 0 Å². The quantitative estimate of drug-likeness (QED) is 0.320. The van der Waals surface area contributed by atoms with Crippen molar-refractivity contribution in [3.63, 3.8) is 0 Å². The van der Waals surface area contributed by atoms with Crippen LogP contribution in [0.3, 0.4) is 0 Å². The second-order valence-corrected chi connectivity index (χ2v) is 7.70. The second-order valence-electron chi connectivity index (χ2n) is 5.82. The molecule has 0 aliphatic carbocycles. The van der Waals surface area contributed by atoms with Crippen molar-refractivity contribution in [2.24, 2.45) is 0 Å². The van der Waals surface area contributed by atoms with Gasteiger partial charge in [-0.3, -0.25) is 9.59 Å². The smallest absolute Gasteiger partial charge is 0.307 e. The molecule has 0 aliphatic rings. The van der Waals surface area contributed by atoms with Crippen molar-refractivity contribution < 1.29 is 18.7 Å². The van der Waals surface area contributed by atoms with E-state index in [0.29, 0.717) is 23.2 Å². The number of thioether (sulfide) groups is 1. The minimum Gasteiger partial charge on any atom is -0.469 e. The van der Waals surface area contributed by atoms with Crippen LogP contribution in [-0.2, 0) is 16.1 Å². The maximum Gasteiger partial charge on any atom is 0.307 e. The molecule has 3 aromatic rings. The molecule has 0 saturated carbocycles. The van der Waals surface area contributed by atoms with E-state index >= 15 is 0 Å². The number of thiophene rings is 1. The molecule has 0 spiro atoms. The lowest BCUT2D eigenvalue weighted by atomic mass is 10.2. The second kappa shape index (κ2) is 8.53. The zero-order chi connectivity index (χ0) is 19.4. The number of nitrogens with zero attached hydrogens (tertiary/aromatic N) is 3. The molecule has 0 radical (unpaired) electrons. The van der Waals surface area contributed by atoms with E-state index in [1.165, 1.54) is 30.2 Å². The molecule has 3 rings (SSSR count). The number of ketones is 1. The molecule has 0 atom stereocenters. The van der Waals surface area contributed by atoms with Gasteiger partial charge in [0.05, 0.1) is 24.2 Å². The van der Waals surface area contributed by atoms with E-state index < -0.39 is 0 Å². The Labute approximate surface area is 164 Å².